The molecule has 0 atom stereocenters. The van der Waals surface area contributed by atoms with Crippen LogP contribution in [-0.4, -0.2) is 57.9 Å². The van der Waals surface area contributed by atoms with Crippen LogP contribution in [-0.2, 0) is 0 Å². The van der Waals surface area contributed by atoms with Crippen LogP contribution in [0.15, 0.2) is 49.2 Å². The largest absolute Gasteiger partial charge is 0.491 e. The third-order valence-electron chi connectivity index (χ3n) is 5.11. The monoisotopic (exact) mass is 419 g/mol. The van der Waals surface area contributed by atoms with Crippen LogP contribution in [0.2, 0.25) is 0 Å². The summed E-state index contributed by atoms with van der Waals surface area (Å²) in [4.78, 5) is 21.6. The number of hydrogen-bond acceptors (Lipinski definition) is 8. The van der Waals surface area contributed by atoms with Gasteiger partial charge in [0.25, 0.3) is 0 Å². The number of anilines is 3. The zero-order valence-electron chi connectivity index (χ0n) is 17.8. The number of nitrogen functional groups attached to an aromatic ring is 1. The molecule has 4 N–H and O–H groups in total. The second-order valence-electron chi connectivity index (χ2n) is 7.63. The number of nitrogens with zero attached hydrogens (tertiary/aromatic N) is 6. The minimum Gasteiger partial charge on any atom is -0.491 e. The van der Waals surface area contributed by atoms with Crippen molar-refractivity contribution in [2.75, 3.05) is 41.7 Å². The van der Waals surface area contributed by atoms with Gasteiger partial charge in [0.15, 0.2) is 0 Å². The summed E-state index contributed by atoms with van der Waals surface area (Å²) >= 11 is 0. The van der Waals surface area contributed by atoms with Crippen molar-refractivity contribution in [1.29, 1.82) is 0 Å². The van der Waals surface area contributed by atoms with Crippen LogP contribution in [0, 0.1) is 0 Å². The quantitative estimate of drug-likeness (QED) is 0.439. The Bertz CT molecular complexity index is 1050. The van der Waals surface area contributed by atoms with Crippen molar-refractivity contribution in [1.82, 2.24) is 19.9 Å². The first-order valence-electron chi connectivity index (χ1n) is 10.3. The predicted octanol–water partition coefficient (Wildman–Crippen LogP) is 0.559. The Morgan fingerprint density at radius 2 is 1.68 bits per heavy atom. The predicted molar refractivity (Wildman–Crippen MR) is 120 cm³/mol. The first-order valence-corrected chi connectivity index (χ1v) is 10.3. The van der Waals surface area contributed by atoms with Gasteiger partial charge in [-0.05, 0) is 38.1 Å². The Morgan fingerprint density at radius 1 is 0.968 bits per heavy atom. The number of hydrogen-bond donors (Lipinski definition) is 2. The molecule has 0 aliphatic carbocycles. The van der Waals surface area contributed by atoms with Gasteiger partial charge in [-0.2, -0.15) is 0 Å². The van der Waals surface area contributed by atoms with Gasteiger partial charge in [-0.3, -0.25) is 5.41 Å². The Morgan fingerprint density at radius 3 is 2.35 bits per heavy atom. The van der Waals surface area contributed by atoms with Crippen molar-refractivity contribution >= 4 is 23.0 Å². The van der Waals surface area contributed by atoms with Crippen molar-refractivity contribution in [2.45, 2.75) is 20.0 Å². The van der Waals surface area contributed by atoms with Gasteiger partial charge in [0, 0.05) is 44.1 Å². The summed E-state index contributed by atoms with van der Waals surface area (Å²) in [5.41, 5.74) is 8.60. The fourth-order valence-electron chi connectivity index (χ4n) is 3.55. The fourth-order valence-corrected chi connectivity index (χ4v) is 3.55. The van der Waals surface area contributed by atoms with E-state index in [1.807, 2.05) is 38.1 Å². The van der Waals surface area contributed by atoms with Gasteiger partial charge in [-0.25, -0.2) is 19.9 Å². The molecule has 1 aliphatic heterocycles. The van der Waals surface area contributed by atoms with E-state index in [1.165, 1.54) is 0 Å². The summed E-state index contributed by atoms with van der Waals surface area (Å²) < 4.78 is 5.78. The van der Waals surface area contributed by atoms with Crippen molar-refractivity contribution < 1.29 is 10.1 Å². The number of rotatable bonds is 6. The maximum absolute atomic E-state index is 6.46. The van der Waals surface area contributed by atoms with Gasteiger partial charge in [0.2, 0.25) is 5.71 Å². The van der Waals surface area contributed by atoms with E-state index < -0.39 is 0 Å². The molecule has 9 nitrogen and oxygen atoms in total. The van der Waals surface area contributed by atoms with E-state index in [4.69, 9.17) is 15.9 Å². The Labute approximate surface area is 181 Å². The number of nitrogens with two attached hydrogens (primary N) is 2. The van der Waals surface area contributed by atoms with E-state index in [0.717, 1.165) is 43.6 Å². The molecule has 3 aromatic rings. The molecule has 160 valence electrons. The lowest BCUT2D eigenvalue weighted by molar-refractivity contribution is -0.111. The summed E-state index contributed by atoms with van der Waals surface area (Å²) in [5, 5.41) is 6.46. The fraction of sp³-hybridized carbons (Fsp3) is 0.318. The highest BCUT2D eigenvalue weighted by Gasteiger charge is 2.22. The molecule has 1 aliphatic rings. The SMILES string of the molecule is CC(C)Oc1ccc(N)c(C(=[NH2+])c2cc(N3CCN(c4ccncn4)CC3)ncn2)c1. The topological polar surface area (TPSA) is 119 Å². The molecule has 1 aromatic carbocycles. The molecule has 31 heavy (non-hydrogen) atoms. The number of aromatic nitrogens is 4. The smallest absolute Gasteiger partial charge is 0.232 e. The van der Waals surface area contributed by atoms with E-state index in [0.29, 0.717) is 22.7 Å². The van der Waals surface area contributed by atoms with Crippen molar-refractivity contribution in [3.63, 3.8) is 0 Å². The standard InChI is InChI=1S/C22H26N8O/c1-15(2)31-16-3-4-18(23)17(11-16)22(24)19-12-21(28-14-26-19)30-9-7-29(8-10-30)20-5-6-25-13-27-20/h3-6,11-15,24H,7-10,23H2,1-2H3/p+1. The number of ether oxygens (including phenoxy) is 1. The van der Waals surface area contributed by atoms with Crippen LogP contribution >= 0.6 is 0 Å². The molecular formula is C22H27N8O+. The molecule has 0 amide bonds. The van der Waals surface area contributed by atoms with Gasteiger partial charge in [0.1, 0.15) is 35.7 Å². The van der Waals surface area contributed by atoms with Crippen LogP contribution < -0.4 is 25.7 Å². The lowest BCUT2D eigenvalue weighted by Gasteiger charge is -2.35. The van der Waals surface area contributed by atoms with Crippen LogP contribution in [0.4, 0.5) is 17.3 Å². The first kappa shape index (κ1) is 20.5. The van der Waals surface area contributed by atoms with E-state index >= 15 is 0 Å². The Kier molecular flexibility index (Phi) is 5.92. The van der Waals surface area contributed by atoms with Crippen LogP contribution in [0.3, 0.4) is 0 Å². The zero-order valence-corrected chi connectivity index (χ0v) is 17.8. The molecule has 1 fully saturated rings. The number of benzene rings is 1. The molecular weight excluding hydrogens is 392 g/mol. The van der Waals surface area contributed by atoms with Gasteiger partial charge < -0.3 is 20.3 Å². The van der Waals surface area contributed by atoms with Gasteiger partial charge in [-0.15, -0.1) is 0 Å². The lowest BCUT2D eigenvalue weighted by Crippen LogP contribution is -2.47. The van der Waals surface area contributed by atoms with E-state index in [9.17, 15) is 0 Å². The third kappa shape index (κ3) is 4.71. The van der Waals surface area contributed by atoms with Crippen LogP contribution in [0.25, 0.3) is 0 Å². The molecule has 0 spiro atoms. The Hall–Kier alpha value is -3.75. The van der Waals surface area contributed by atoms with E-state index in [-0.39, 0.29) is 6.10 Å². The second-order valence-corrected chi connectivity index (χ2v) is 7.63. The molecule has 2 aromatic heterocycles. The van der Waals surface area contributed by atoms with Crippen molar-refractivity contribution in [2.24, 2.45) is 0 Å². The molecule has 0 unspecified atom stereocenters. The van der Waals surface area contributed by atoms with Gasteiger partial charge in [-0.1, -0.05) is 0 Å². The van der Waals surface area contributed by atoms with E-state index in [1.54, 1.807) is 24.9 Å². The highest BCUT2D eigenvalue weighted by molar-refractivity contribution is 6.11. The summed E-state index contributed by atoms with van der Waals surface area (Å²) in [6.07, 6.45) is 4.93. The van der Waals surface area contributed by atoms with Crippen molar-refractivity contribution in [3.05, 3.63) is 60.4 Å². The third-order valence-corrected chi connectivity index (χ3v) is 5.11. The highest BCUT2D eigenvalue weighted by atomic mass is 16.5. The van der Waals surface area contributed by atoms with Crippen LogP contribution in [0.5, 0.6) is 5.75 Å². The molecule has 3 heterocycles. The Balaban J connectivity index is 1.49. The lowest BCUT2D eigenvalue weighted by atomic mass is 10.0. The zero-order chi connectivity index (χ0) is 21.8. The van der Waals surface area contributed by atoms with E-state index in [2.05, 4.69) is 29.7 Å². The molecule has 9 heteroatoms. The summed E-state index contributed by atoms with van der Waals surface area (Å²) in [7, 11) is 0. The summed E-state index contributed by atoms with van der Waals surface area (Å²) in [5.74, 6) is 2.50. The average Bonchev–Trinajstić information content (AvgIpc) is 2.80. The minimum absolute atomic E-state index is 0.0596. The first-order chi connectivity index (χ1) is 15.0. The van der Waals surface area contributed by atoms with Crippen LogP contribution in [0.1, 0.15) is 25.1 Å². The van der Waals surface area contributed by atoms with Gasteiger partial charge in [0.05, 0.1) is 11.7 Å². The number of piperazine rings is 1. The molecule has 1 saturated heterocycles. The maximum Gasteiger partial charge on any atom is 0.232 e. The molecule has 0 radical (unpaired) electrons. The normalized spacial score (nSPS) is 14.0. The average molecular weight is 420 g/mol. The molecule has 0 saturated carbocycles. The minimum atomic E-state index is 0.0596. The molecule has 4 rings (SSSR count). The summed E-state index contributed by atoms with van der Waals surface area (Å²) in [6, 6.07) is 9.33. The second kappa shape index (κ2) is 8.95. The van der Waals surface area contributed by atoms with Gasteiger partial charge >= 0.3 is 0 Å². The molecule has 0 bridgehead atoms. The maximum atomic E-state index is 6.46. The summed E-state index contributed by atoms with van der Waals surface area (Å²) in [6.45, 7) is 7.28. The highest BCUT2D eigenvalue weighted by Crippen LogP contribution is 2.23. The van der Waals surface area contributed by atoms with Crippen molar-refractivity contribution in [3.8, 4) is 5.75 Å².